The van der Waals surface area contributed by atoms with Gasteiger partial charge in [-0.2, -0.15) is 0 Å². The second-order valence-corrected chi connectivity index (χ2v) is 4.01. The van der Waals surface area contributed by atoms with Gasteiger partial charge in [-0.3, -0.25) is 4.79 Å². The van der Waals surface area contributed by atoms with E-state index in [9.17, 15) is 4.79 Å². The van der Waals surface area contributed by atoms with E-state index in [2.05, 4.69) is 13.5 Å². The first kappa shape index (κ1) is 11.3. The minimum atomic E-state index is -0.0219. The van der Waals surface area contributed by atoms with E-state index in [0.717, 1.165) is 19.3 Å². The fourth-order valence-electron chi connectivity index (χ4n) is 1.91. The second-order valence-electron chi connectivity index (χ2n) is 4.01. The third-order valence-corrected chi connectivity index (χ3v) is 2.74. The Hall–Kier alpha value is -0.790. The smallest absolute Gasteiger partial charge is 0.309 e. The van der Waals surface area contributed by atoms with E-state index < -0.39 is 0 Å². The molecule has 2 atom stereocenters. The minimum Gasteiger partial charge on any atom is -0.462 e. The number of cyclic esters (lactones) is 1. The molecule has 0 aromatic carbocycles. The average molecular weight is 196 g/mol. The first-order valence-electron chi connectivity index (χ1n) is 5.59. The summed E-state index contributed by atoms with van der Waals surface area (Å²) in [6, 6.07) is 0. The lowest BCUT2D eigenvalue weighted by atomic mass is 9.99. The fourth-order valence-corrected chi connectivity index (χ4v) is 1.91. The van der Waals surface area contributed by atoms with Crippen LogP contribution in [0.3, 0.4) is 0 Å². The van der Waals surface area contributed by atoms with Gasteiger partial charge >= 0.3 is 5.97 Å². The van der Waals surface area contributed by atoms with Crippen molar-refractivity contribution in [3.8, 4) is 0 Å². The number of unbranched alkanes of at least 4 members (excludes halogenated alkanes) is 2. The van der Waals surface area contributed by atoms with Crippen LogP contribution in [0.15, 0.2) is 12.7 Å². The van der Waals surface area contributed by atoms with E-state index in [4.69, 9.17) is 4.74 Å². The van der Waals surface area contributed by atoms with E-state index in [1.54, 1.807) is 6.08 Å². The van der Waals surface area contributed by atoms with Crippen LogP contribution in [0.5, 0.6) is 0 Å². The lowest BCUT2D eigenvalue weighted by Crippen LogP contribution is -2.06. The Morgan fingerprint density at radius 3 is 3.00 bits per heavy atom. The van der Waals surface area contributed by atoms with Crippen molar-refractivity contribution in [3.63, 3.8) is 0 Å². The number of hydrogen-bond donors (Lipinski definition) is 0. The molecule has 1 aliphatic heterocycles. The fraction of sp³-hybridized carbons (Fsp3) is 0.750. The van der Waals surface area contributed by atoms with Gasteiger partial charge in [0.1, 0.15) is 6.10 Å². The van der Waals surface area contributed by atoms with Crippen LogP contribution >= 0.6 is 0 Å². The monoisotopic (exact) mass is 196 g/mol. The Morgan fingerprint density at radius 2 is 2.36 bits per heavy atom. The Kier molecular flexibility index (Phi) is 4.71. The summed E-state index contributed by atoms with van der Waals surface area (Å²) < 4.78 is 5.29. The zero-order valence-corrected chi connectivity index (χ0v) is 9.00. The molecule has 0 amide bonds. The van der Waals surface area contributed by atoms with E-state index in [1.165, 1.54) is 19.3 Å². The highest BCUT2D eigenvalue weighted by Crippen LogP contribution is 2.27. The first-order valence-corrected chi connectivity index (χ1v) is 5.59. The molecule has 1 rings (SSSR count). The summed E-state index contributed by atoms with van der Waals surface area (Å²) in [7, 11) is 0. The molecule has 0 aromatic heterocycles. The summed E-state index contributed by atoms with van der Waals surface area (Å²) in [5.41, 5.74) is 0. The van der Waals surface area contributed by atoms with Crippen molar-refractivity contribution in [1.82, 2.24) is 0 Å². The highest BCUT2D eigenvalue weighted by Gasteiger charge is 2.32. The summed E-state index contributed by atoms with van der Waals surface area (Å²) >= 11 is 0. The molecule has 0 saturated carbocycles. The summed E-state index contributed by atoms with van der Waals surface area (Å²) in [5.74, 6) is 0.0607. The zero-order valence-electron chi connectivity index (χ0n) is 9.00. The zero-order chi connectivity index (χ0) is 10.4. The highest BCUT2D eigenvalue weighted by atomic mass is 16.5. The number of hydrogen-bond acceptors (Lipinski definition) is 2. The molecular formula is C12H20O2. The summed E-state index contributed by atoms with van der Waals surface area (Å²) in [5, 5.41) is 0. The van der Waals surface area contributed by atoms with E-state index in [1.807, 2.05) is 0 Å². The van der Waals surface area contributed by atoms with Crippen LogP contribution in [0.4, 0.5) is 0 Å². The van der Waals surface area contributed by atoms with E-state index in [0.29, 0.717) is 0 Å². The van der Waals surface area contributed by atoms with Crippen LogP contribution in [0.1, 0.15) is 45.4 Å². The van der Waals surface area contributed by atoms with Gasteiger partial charge in [0.15, 0.2) is 0 Å². The number of allylic oxidation sites excluding steroid dienone is 1. The van der Waals surface area contributed by atoms with Crippen LogP contribution in [0.25, 0.3) is 0 Å². The molecule has 0 N–H and O–H groups in total. The number of carbonyl (C=O) groups is 1. The lowest BCUT2D eigenvalue weighted by molar-refractivity contribution is -0.144. The molecule has 1 saturated heterocycles. The van der Waals surface area contributed by atoms with Gasteiger partial charge in [-0.05, 0) is 25.7 Å². The quantitative estimate of drug-likeness (QED) is 0.371. The van der Waals surface area contributed by atoms with Gasteiger partial charge in [0.2, 0.25) is 0 Å². The van der Waals surface area contributed by atoms with Crippen LogP contribution in [0, 0.1) is 5.92 Å². The molecular weight excluding hydrogens is 176 g/mol. The third-order valence-electron chi connectivity index (χ3n) is 2.74. The van der Waals surface area contributed by atoms with E-state index >= 15 is 0 Å². The molecule has 0 aromatic rings. The van der Waals surface area contributed by atoms with Crippen molar-refractivity contribution >= 4 is 5.97 Å². The maximum Gasteiger partial charge on any atom is 0.309 e. The molecule has 80 valence electrons. The lowest BCUT2D eigenvalue weighted by Gasteiger charge is -2.07. The van der Waals surface area contributed by atoms with Gasteiger partial charge in [0.05, 0.1) is 5.92 Å². The number of ether oxygens (including phenoxy) is 1. The van der Waals surface area contributed by atoms with Crippen LogP contribution < -0.4 is 0 Å². The highest BCUT2D eigenvalue weighted by molar-refractivity contribution is 5.74. The maximum atomic E-state index is 11.3. The normalized spacial score (nSPS) is 26.2. The average Bonchev–Trinajstić information content (AvgIpc) is 2.49. The Bertz CT molecular complexity index is 198. The molecule has 1 fully saturated rings. The van der Waals surface area contributed by atoms with Crippen molar-refractivity contribution in [2.45, 2.75) is 51.6 Å². The maximum absolute atomic E-state index is 11.3. The van der Waals surface area contributed by atoms with Crippen molar-refractivity contribution in [2.75, 3.05) is 0 Å². The molecule has 0 bridgehead atoms. The SMILES string of the molecule is C=CCC1CC(CCCCC)OC1=O. The van der Waals surface area contributed by atoms with Crippen molar-refractivity contribution in [3.05, 3.63) is 12.7 Å². The predicted molar refractivity (Wildman–Crippen MR) is 56.9 cm³/mol. The van der Waals surface area contributed by atoms with Crippen molar-refractivity contribution in [1.29, 1.82) is 0 Å². The molecule has 0 radical (unpaired) electrons. The van der Waals surface area contributed by atoms with Gasteiger partial charge in [-0.1, -0.05) is 25.8 Å². The number of esters is 1. The molecule has 2 heteroatoms. The summed E-state index contributed by atoms with van der Waals surface area (Å²) in [6.07, 6.45) is 8.32. The Balaban J connectivity index is 2.24. The second kappa shape index (κ2) is 5.84. The van der Waals surface area contributed by atoms with E-state index in [-0.39, 0.29) is 18.0 Å². The van der Waals surface area contributed by atoms with Crippen LogP contribution in [-0.4, -0.2) is 12.1 Å². The Morgan fingerprint density at radius 1 is 1.57 bits per heavy atom. The largest absolute Gasteiger partial charge is 0.462 e. The first-order chi connectivity index (χ1) is 6.77. The van der Waals surface area contributed by atoms with Gasteiger partial charge in [-0.25, -0.2) is 0 Å². The van der Waals surface area contributed by atoms with Gasteiger partial charge in [-0.15, -0.1) is 6.58 Å². The molecule has 2 unspecified atom stereocenters. The van der Waals surface area contributed by atoms with Gasteiger partial charge < -0.3 is 4.74 Å². The summed E-state index contributed by atoms with van der Waals surface area (Å²) in [6.45, 7) is 5.83. The van der Waals surface area contributed by atoms with Gasteiger partial charge in [0.25, 0.3) is 0 Å². The molecule has 14 heavy (non-hydrogen) atoms. The number of rotatable bonds is 6. The molecule has 1 heterocycles. The Labute approximate surface area is 86.3 Å². The topological polar surface area (TPSA) is 26.3 Å². The molecule has 2 nitrogen and oxygen atoms in total. The number of carbonyl (C=O) groups excluding carboxylic acids is 1. The van der Waals surface area contributed by atoms with Crippen LogP contribution in [0.2, 0.25) is 0 Å². The standard InChI is InChI=1S/C12H20O2/c1-3-5-6-8-11-9-10(7-4-2)12(13)14-11/h4,10-11H,2-3,5-9H2,1H3. The summed E-state index contributed by atoms with van der Waals surface area (Å²) in [4.78, 5) is 11.3. The third kappa shape index (κ3) is 3.17. The van der Waals surface area contributed by atoms with Crippen molar-refractivity contribution < 1.29 is 9.53 Å². The molecule has 0 spiro atoms. The molecule has 0 aliphatic carbocycles. The minimum absolute atomic E-state index is 0.0219. The van der Waals surface area contributed by atoms with Crippen LogP contribution in [-0.2, 0) is 9.53 Å². The van der Waals surface area contributed by atoms with Crippen molar-refractivity contribution in [2.24, 2.45) is 5.92 Å². The predicted octanol–water partition coefficient (Wildman–Crippen LogP) is 3.07. The van der Waals surface area contributed by atoms with Gasteiger partial charge in [0, 0.05) is 0 Å². The molecule has 1 aliphatic rings.